The van der Waals surface area contributed by atoms with E-state index in [9.17, 15) is 13.2 Å². The van der Waals surface area contributed by atoms with Crippen LogP contribution >= 0.6 is 26.6 Å². The van der Waals surface area contributed by atoms with Gasteiger partial charge in [-0.3, -0.25) is 4.79 Å². The Balaban J connectivity index is 3.15. The average molecular weight is 397 g/mol. The van der Waals surface area contributed by atoms with Crippen LogP contribution in [0.2, 0.25) is 0 Å². The SMILES string of the molecule is CCC(C)C(C)NC(=O)c1cc(C)c(Br)c(S(=O)(=O)Cl)c1. The Labute approximate surface area is 138 Å². The number of nitrogens with one attached hydrogen (secondary N) is 1. The van der Waals surface area contributed by atoms with Crippen LogP contribution in [0.25, 0.3) is 0 Å². The maximum atomic E-state index is 12.3. The van der Waals surface area contributed by atoms with E-state index < -0.39 is 9.05 Å². The zero-order valence-electron chi connectivity index (χ0n) is 12.4. The van der Waals surface area contributed by atoms with Crippen molar-refractivity contribution in [2.75, 3.05) is 0 Å². The number of aryl methyl sites for hydroxylation is 1. The Morgan fingerprint density at radius 1 is 1.38 bits per heavy atom. The van der Waals surface area contributed by atoms with Crippen molar-refractivity contribution in [3.8, 4) is 0 Å². The lowest BCUT2D eigenvalue weighted by Crippen LogP contribution is -2.37. The van der Waals surface area contributed by atoms with Gasteiger partial charge in [0.2, 0.25) is 0 Å². The summed E-state index contributed by atoms with van der Waals surface area (Å²) in [6, 6.07) is 2.93. The molecule has 118 valence electrons. The van der Waals surface area contributed by atoms with Crippen LogP contribution in [0.4, 0.5) is 0 Å². The minimum absolute atomic E-state index is 0.00233. The fourth-order valence-electron chi connectivity index (χ4n) is 1.83. The summed E-state index contributed by atoms with van der Waals surface area (Å²) in [6.07, 6.45) is 0.947. The van der Waals surface area contributed by atoms with Gasteiger partial charge in [0.25, 0.3) is 15.0 Å². The number of amides is 1. The minimum atomic E-state index is -3.92. The van der Waals surface area contributed by atoms with Gasteiger partial charge in [-0.25, -0.2) is 8.42 Å². The summed E-state index contributed by atoms with van der Waals surface area (Å²) >= 11 is 3.19. The van der Waals surface area contributed by atoms with Crippen molar-refractivity contribution in [2.45, 2.75) is 45.1 Å². The molecule has 0 aliphatic rings. The molecule has 0 fully saturated rings. The van der Waals surface area contributed by atoms with E-state index in [4.69, 9.17) is 10.7 Å². The molecule has 1 amide bonds. The van der Waals surface area contributed by atoms with Crippen molar-refractivity contribution in [1.29, 1.82) is 0 Å². The summed E-state index contributed by atoms with van der Waals surface area (Å²) in [5.41, 5.74) is 0.920. The summed E-state index contributed by atoms with van der Waals surface area (Å²) in [5, 5.41) is 2.88. The summed E-state index contributed by atoms with van der Waals surface area (Å²) in [6.45, 7) is 7.74. The Kier molecular flexibility index (Phi) is 6.25. The number of rotatable bonds is 5. The van der Waals surface area contributed by atoms with Gasteiger partial charge in [-0.15, -0.1) is 0 Å². The number of hydrogen-bond acceptors (Lipinski definition) is 3. The van der Waals surface area contributed by atoms with Crippen molar-refractivity contribution < 1.29 is 13.2 Å². The van der Waals surface area contributed by atoms with Gasteiger partial charge in [0, 0.05) is 26.8 Å². The molecule has 0 aliphatic carbocycles. The zero-order chi connectivity index (χ0) is 16.4. The van der Waals surface area contributed by atoms with Crippen LogP contribution in [-0.4, -0.2) is 20.4 Å². The molecule has 4 nitrogen and oxygen atoms in total. The van der Waals surface area contributed by atoms with E-state index in [2.05, 4.69) is 28.2 Å². The molecule has 0 radical (unpaired) electrons. The topological polar surface area (TPSA) is 63.2 Å². The normalized spacial score (nSPS) is 14.6. The monoisotopic (exact) mass is 395 g/mol. The first-order valence-electron chi connectivity index (χ1n) is 6.63. The van der Waals surface area contributed by atoms with E-state index in [1.54, 1.807) is 13.0 Å². The zero-order valence-corrected chi connectivity index (χ0v) is 15.6. The second kappa shape index (κ2) is 7.11. The van der Waals surface area contributed by atoms with Crippen LogP contribution in [0, 0.1) is 12.8 Å². The maximum Gasteiger partial charge on any atom is 0.262 e. The van der Waals surface area contributed by atoms with Gasteiger partial charge in [0.15, 0.2) is 0 Å². The highest BCUT2D eigenvalue weighted by Gasteiger charge is 2.21. The lowest BCUT2D eigenvalue weighted by Gasteiger charge is -2.20. The molecule has 2 unspecified atom stereocenters. The van der Waals surface area contributed by atoms with Crippen molar-refractivity contribution in [2.24, 2.45) is 5.92 Å². The van der Waals surface area contributed by atoms with Gasteiger partial charge in [-0.1, -0.05) is 20.3 Å². The molecule has 0 bridgehead atoms. The average Bonchev–Trinajstić information content (AvgIpc) is 2.38. The van der Waals surface area contributed by atoms with Crippen molar-refractivity contribution in [3.05, 3.63) is 27.7 Å². The summed E-state index contributed by atoms with van der Waals surface area (Å²) in [7, 11) is 1.49. The standard InChI is InChI=1S/C14H19BrClNO3S/c1-5-8(2)10(4)17-14(18)11-6-9(3)13(15)12(7-11)21(16,19)20/h6-8,10H,5H2,1-4H3,(H,17,18). The molecular weight excluding hydrogens is 378 g/mol. The minimum Gasteiger partial charge on any atom is -0.349 e. The Morgan fingerprint density at radius 2 is 1.95 bits per heavy atom. The number of hydrogen-bond donors (Lipinski definition) is 1. The molecule has 2 atom stereocenters. The van der Waals surface area contributed by atoms with Gasteiger partial charge in [0.1, 0.15) is 0 Å². The van der Waals surface area contributed by atoms with E-state index in [1.165, 1.54) is 6.07 Å². The van der Waals surface area contributed by atoms with E-state index in [0.717, 1.165) is 6.42 Å². The summed E-state index contributed by atoms with van der Waals surface area (Å²) in [4.78, 5) is 12.2. The lowest BCUT2D eigenvalue weighted by molar-refractivity contribution is 0.0928. The number of halogens is 2. The van der Waals surface area contributed by atoms with E-state index in [0.29, 0.717) is 16.0 Å². The highest BCUT2D eigenvalue weighted by atomic mass is 79.9. The molecule has 0 saturated heterocycles. The van der Waals surface area contributed by atoms with Crippen LogP contribution in [0.5, 0.6) is 0 Å². The van der Waals surface area contributed by atoms with E-state index in [1.807, 2.05) is 13.8 Å². The number of carbonyl (C=O) groups excluding carboxylic acids is 1. The Bertz CT molecular complexity index is 646. The van der Waals surface area contributed by atoms with Gasteiger partial charge in [0.05, 0.1) is 4.90 Å². The third-order valence-electron chi connectivity index (χ3n) is 3.60. The van der Waals surface area contributed by atoms with Crippen LogP contribution < -0.4 is 5.32 Å². The third-order valence-corrected chi connectivity index (χ3v) is 6.26. The molecule has 1 N–H and O–H groups in total. The second-order valence-electron chi connectivity index (χ2n) is 5.19. The Morgan fingerprint density at radius 3 is 2.43 bits per heavy atom. The molecule has 7 heteroatoms. The van der Waals surface area contributed by atoms with E-state index in [-0.39, 0.29) is 22.4 Å². The summed E-state index contributed by atoms with van der Waals surface area (Å²) in [5.74, 6) is 0.0293. The largest absolute Gasteiger partial charge is 0.349 e. The molecule has 0 saturated carbocycles. The van der Waals surface area contributed by atoms with Gasteiger partial charge in [-0.05, 0) is 53.4 Å². The molecule has 0 spiro atoms. The molecule has 0 heterocycles. The molecule has 0 aliphatic heterocycles. The summed E-state index contributed by atoms with van der Waals surface area (Å²) < 4.78 is 23.5. The first-order valence-corrected chi connectivity index (χ1v) is 9.73. The molecule has 1 aromatic rings. The first kappa shape index (κ1) is 18.5. The van der Waals surface area contributed by atoms with Crippen molar-refractivity contribution in [3.63, 3.8) is 0 Å². The molecule has 0 aromatic heterocycles. The van der Waals surface area contributed by atoms with Crippen LogP contribution in [-0.2, 0) is 9.05 Å². The predicted molar refractivity (Wildman–Crippen MR) is 88.3 cm³/mol. The van der Waals surface area contributed by atoms with Gasteiger partial charge >= 0.3 is 0 Å². The smallest absolute Gasteiger partial charge is 0.262 e. The van der Waals surface area contributed by atoms with Crippen molar-refractivity contribution >= 4 is 41.6 Å². The highest BCUT2D eigenvalue weighted by molar-refractivity contribution is 9.10. The predicted octanol–water partition coefficient (Wildman–Crippen LogP) is 3.85. The fraction of sp³-hybridized carbons (Fsp3) is 0.500. The van der Waals surface area contributed by atoms with Gasteiger partial charge < -0.3 is 5.32 Å². The quantitative estimate of drug-likeness (QED) is 0.769. The molecule has 21 heavy (non-hydrogen) atoms. The van der Waals surface area contributed by atoms with Crippen molar-refractivity contribution in [1.82, 2.24) is 5.32 Å². The maximum absolute atomic E-state index is 12.3. The third kappa shape index (κ3) is 4.69. The fourth-order valence-corrected chi connectivity index (χ4v) is 3.99. The lowest BCUT2D eigenvalue weighted by atomic mass is 10.0. The number of benzene rings is 1. The van der Waals surface area contributed by atoms with Crippen LogP contribution in [0.1, 0.15) is 43.1 Å². The molecule has 1 aromatic carbocycles. The van der Waals surface area contributed by atoms with Gasteiger partial charge in [-0.2, -0.15) is 0 Å². The first-order chi connectivity index (χ1) is 9.57. The highest BCUT2D eigenvalue weighted by Crippen LogP contribution is 2.29. The molecule has 1 rings (SSSR count). The Hall–Kier alpha value is -0.590. The van der Waals surface area contributed by atoms with Crippen LogP contribution in [0.3, 0.4) is 0 Å². The van der Waals surface area contributed by atoms with Crippen LogP contribution in [0.15, 0.2) is 21.5 Å². The number of carbonyl (C=O) groups is 1. The van der Waals surface area contributed by atoms with E-state index >= 15 is 0 Å². The molecular formula is C14H19BrClNO3S. The second-order valence-corrected chi connectivity index (χ2v) is 8.52.